The molecule has 3 heterocycles. The Kier molecular flexibility index (Phi) is 8.26. The molecule has 4 aromatic rings. The summed E-state index contributed by atoms with van der Waals surface area (Å²) in [5.74, 6) is -2.73. The summed E-state index contributed by atoms with van der Waals surface area (Å²) in [6, 6.07) is 15.1. The van der Waals surface area contributed by atoms with Crippen molar-refractivity contribution in [2.24, 2.45) is 0 Å². The van der Waals surface area contributed by atoms with E-state index in [9.17, 15) is 18.0 Å². The first-order valence-corrected chi connectivity index (χ1v) is 8.88. The van der Waals surface area contributed by atoms with Gasteiger partial charge in [0.15, 0.2) is 5.78 Å². The van der Waals surface area contributed by atoms with Crippen LogP contribution in [0.2, 0.25) is 0 Å². The Labute approximate surface area is 201 Å². The number of fused-ring (bicyclic) bond motifs is 3. The molecule has 1 aromatic carbocycles. The molecule has 9 heteroatoms. The molecule has 0 aliphatic heterocycles. The van der Waals surface area contributed by atoms with Crippen LogP contribution < -0.4 is 0 Å². The molecule has 29 heavy (non-hydrogen) atoms. The minimum Gasteiger partial charge on any atom is -0.504 e. The van der Waals surface area contributed by atoms with Gasteiger partial charge in [-0.15, -0.1) is 11.3 Å². The van der Waals surface area contributed by atoms with Crippen LogP contribution >= 0.6 is 11.3 Å². The number of hydrogen-bond donors (Lipinski definition) is 1. The molecule has 0 spiro atoms. The van der Waals surface area contributed by atoms with E-state index in [1.54, 1.807) is 17.8 Å². The maximum absolute atomic E-state index is 11.8. The summed E-state index contributed by atoms with van der Waals surface area (Å²) in [5.41, 5.74) is 1.95. The Bertz CT molecular complexity index is 1090. The van der Waals surface area contributed by atoms with Gasteiger partial charge in [-0.05, 0) is 23.6 Å². The molecular weight excluding hydrogens is 529 g/mol. The van der Waals surface area contributed by atoms with Gasteiger partial charge < -0.3 is 5.11 Å². The van der Waals surface area contributed by atoms with Gasteiger partial charge in [-0.2, -0.15) is 13.2 Å². The van der Waals surface area contributed by atoms with Crippen LogP contribution in [0.5, 0.6) is 0 Å². The molecule has 0 bridgehead atoms. The number of nitrogens with zero attached hydrogens (tertiary/aromatic N) is 2. The van der Waals surface area contributed by atoms with Gasteiger partial charge in [0.2, 0.25) is 5.76 Å². The first-order chi connectivity index (χ1) is 13.4. The van der Waals surface area contributed by atoms with E-state index in [1.165, 1.54) is 12.1 Å². The van der Waals surface area contributed by atoms with E-state index in [0.717, 1.165) is 33.1 Å². The monoisotopic (exact) mass is 542 g/mol. The van der Waals surface area contributed by atoms with Crippen molar-refractivity contribution in [2.45, 2.75) is 6.18 Å². The number of aliphatic hydroxyl groups is 1. The maximum atomic E-state index is 11.8. The van der Waals surface area contributed by atoms with Crippen LogP contribution in [-0.4, -0.2) is 27.0 Å². The average Bonchev–Trinajstić information content (AvgIpc) is 3.23. The number of alkyl halides is 3. The minimum atomic E-state index is -4.87. The Hall–Kier alpha value is -1.88. The molecule has 0 aliphatic rings. The van der Waals surface area contributed by atoms with Crippen molar-refractivity contribution in [1.29, 1.82) is 0 Å². The predicted molar refractivity (Wildman–Crippen MR) is 102 cm³/mol. The van der Waals surface area contributed by atoms with Crippen LogP contribution in [0, 0.1) is 41.7 Å². The van der Waals surface area contributed by atoms with Crippen LogP contribution in [-0.2, 0) is 0 Å². The normalized spacial score (nSPS) is 11.5. The number of carbonyl (C=O) groups is 1. The van der Waals surface area contributed by atoms with Gasteiger partial charge in [0.05, 0.1) is 15.9 Å². The van der Waals surface area contributed by atoms with E-state index in [4.69, 9.17) is 5.11 Å². The number of carbonyl (C=O) groups excluding carboxylic acids is 1. The fourth-order valence-electron chi connectivity index (χ4n) is 2.38. The number of pyridine rings is 2. The number of hydrogen-bond acceptors (Lipinski definition) is 5. The van der Waals surface area contributed by atoms with Crippen molar-refractivity contribution < 1.29 is 64.8 Å². The Morgan fingerprint density at radius 2 is 1.48 bits per heavy atom. The van der Waals surface area contributed by atoms with E-state index < -0.39 is 17.7 Å². The zero-order valence-electron chi connectivity index (χ0n) is 14.7. The molecule has 4 rings (SSSR count). The predicted octanol–water partition coefficient (Wildman–Crippen LogP) is 5.72. The van der Waals surface area contributed by atoms with E-state index >= 15 is 0 Å². The first kappa shape index (κ1) is 23.4. The third kappa shape index (κ3) is 6.05. The summed E-state index contributed by atoms with van der Waals surface area (Å²) >= 11 is 1.01. The van der Waals surface area contributed by atoms with E-state index in [0.29, 0.717) is 0 Å². The van der Waals surface area contributed by atoms with Crippen LogP contribution in [0.3, 0.4) is 0 Å². The van der Waals surface area contributed by atoms with Gasteiger partial charge in [0.1, 0.15) is 0 Å². The number of benzene rings is 1. The number of thiophene rings is 1. The fraction of sp³-hybridized carbons (Fsp3) is 0.0500. The number of halogens is 3. The molecule has 0 unspecified atom stereocenters. The Balaban J connectivity index is 0.000000200. The quantitative estimate of drug-likeness (QED) is 0.152. The molecule has 0 atom stereocenters. The molecule has 4 nitrogen and oxygen atoms in total. The van der Waals surface area contributed by atoms with Crippen molar-refractivity contribution in [3.05, 3.63) is 83.0 Å². The third-order valence-electron chi connectivity index (χ3n) is 3.67. The molecule has 0 amide bonds. The van der Waals surface area contributed by atoms with Crippen molar-refractivity contribution in [3.8, 4) is 0 Å². The zero-order valence-corrected chi connectivity index (χ0v) is 18.7. The van der Waals surface area contributed by atoms with Crippen LogP contribution in [0.25, 0.3) is 21.8 Å². The topological polar surface area (TPSA) is 63.1 Å². The van der Waals surface area contributed by atoms with Crippen molar-refractivity contribution in [2.75, 3.05) is 0 Å². The standard InChI is InChI=1S/C12H8N2.C8H5F3O2S.Ce/c1-3-9-5-6-10-4-2-8-14-12(10)11(9)13-7-1;9-8(10,11)7(13)4-5(12)6-2-1-3-14-6;/h1-8H;1-4,13H;/b;7-4-;. The number of allylic oxidation sites excluding steroid dienone is 2. The number of ketones is 1. The molecule has 146 valence electrons. The molecule has 0 aliphatic carbocycles. The summed E-state index contributed by atoms with van der Waals surface area (Å²) in [5, 5.41) is 12.3. The van der Waals surface area contributed by atoms with E-state index in [2.05, 4.69) is 34.2 Å². The number of aliphatic hydroxyl groups excluding tert-OH is 1. The largest absolute Gasteiger partial charge is 0.504 e. The second-order valence-corrected chi connectivity index (χ2v) is 6.53. The van der Waals surface area contributed by atoms with E-state index in [1.807, 2.05) is 12.1 Å². The summed E-state index contributed by atoms with van der Waals surface area (Å²) in [6.45, 7) is 0. The number of aromatic nitrogens is 2. The maximum Gasteiger partial charge on any atom is 0.448 e. The zero-order chi connectivity index (χ0) is 20.1. The molecule has 0 fully saturated rings. The Morgan fingerprint density at radius 1 is 0.931 bits per heavy atom. The Morgan fingerprint density at radius 3 is 1.93 bits per heavy atom. The molecule has 0 saturated carbocycles. The summed E-state index contributed by atoms with van der Waals surface area (Å²) < 4.78 is 35.4. The van der Waals surface area contributed by atoms with Crippen molar-refractivity contribution >= 4 is 38.9 Å². The van der Waals surface area contributed by atoms with Gasteiger partial charge >= 0.3 is 6.18 Å². The summed E-state index contributed by atoms with van der Waals surface area (Å²) in [4.78, 5) is 19.9. The van der Waals surface area contributed by atoms with Crippen LogP contribution in [0.4, 0.5) is 13.2 Å². The van der Waals surface area contributed by atoms with Crippen LogP contribution in [0.15, 0.2) is 78.1 Å². The number of rotatable bonds is 2. The van der Waals surface area contributed by atoms with Gasteiger partial charge in [0.25, 0.3) is 0 Å². The molecular formula is C20H13CeF3N2O2S. The molecule has 1 N–H and O–H groups in total. The van der Waals surface area contributed by atoms with Gasteiger partial charge in [0, 0.05) is 71.0 Å². The summed E-state index contributed by atoms with van der Waals surface area (Å²) in [6.07, 6.45) is -1.09. The first-order valence-electron chi connectivity index (χ1n) is 8.00. The van der Waals surface area contributed by atoms with Gasteiger partial charge in [-0.3, -0.25) is 14.8 Å². The van der Waals surface area contributed by atoms with Crippen molar-refractivity contribution in [1.82, 2.24) is 9.97 Å². The average molecular weight is 543 g/mol. The smallest absolute Gasteiger partial charge is 0.448 e. The van der Waals surface area contributed by atoms with E-state index in [-0.39, 0.29) is 52.7 Å². The SMILES string of the molecule is O=C(/C=C(\O)C(F)(F)F)c1cccs1.[Ce].c1cnc2c(c1)ccc1cccnc12. The minimum absolute atomic E-state index is 0. The molecule has 0 radical (unpaired) electrons. The molecule has 0 saturated heterocycles. The molecule has 3 aromatic heterocycles. The third-order valence-corrected chi connectivity index (χ3v) is 4.55. The van der Waals surface area contributed by atoms with Gasteiger partial charge in [-0.25, -0.2) is 0 Å². The van der Waals surface area contributed by atoms with Gasteiger partial charge in [-0.1, -0.05) is 30.3 Å². The van der Waals surface area contributed by atoms with Crippen molar-refractivity contribution in [3.63, 3.8) is 0 Å². The fourth-order valence-corrected chi connectivity index (χ4v) is 3.01. The second kappa shape index (κ2) is 10.2. The second-order valence-electron chi connectivity index (χ2n) is 5.58. The van der Waals surface area contributed by atoms with Crippen LogP contribution in [0.1, 0.15) is 9.67 Å². The summed E-state index contributed by atoms with van der Waals surface area (Å²) in [7, 11) is 0.